The molecule has 1 saturated heterocycles. The second-order valence-electron chi connectivity index (χ2n) is 9.41. The molecule has 5 nitrogen and oxygen atoms in total. The Hall–Kier alpha value is -2.04. The van der Waals surface area contributed by atoms with Crippen LogP contribution in [0.3, 0.4) is 0 Å². The summed E-state index contributed by atoms with van der Waals surface area (Å²) in [5, 5.41) is 6.13. The normalized spacial score (nSPS) is 35.2. The van der Waals surface area contributed by atoms with Crippen LogP contribution in [0.1, 0.15) is 55.8 Å². The summed E-state index contributed by atoms with van der Waals surface area (Å²) in [5.74, 6) is 2.63. The zero-order valence-corrected chi connectivity index (χ0v) is 16.0. The van der Waals surface area contributed by atoms with E-state index in [1.807, 2.05) is 24.3 Å². The number of hydrogen-bond donors (Lipinski definition) is 2. The lowest BCUT2D eigenvalue weighted by molar-refractivity contribution is -0.0688. The Bertz CT molecular complexity index is 739. The maximum atomic E-state index is 13.0. The zero-order valence-electron chi connectivity index (χ0n) is 16.0. The fourth-order valence-electron chi connectivity index (χ4n) is 6.67. The molecule has 4 saturated carbocycles. The molecule has 4 bridgehead atoms. The molecule has 5 aliphatic rings. The molecule has 1 unspecified atom stereocenters. The zero-order chi connectivity index (χ0) is 18.6. The summed E-state index contributed by atoms with van der Waals surface area (Å²) in [6.07, 6.45) is 8.11. The van der Waals surface area contributed by atoms with Gasteiger partial charge >= 0.3 is 6.03 Å². The predicted octanol–water partition coefficient (Wildman–Crippen LogP) is 3.55. The molecule has 3 amide bonds. The molecule has 144 valence electrons. The van der Waals surface area contributed by atoms with E-state index in [9.17, 15) is 9.59 Å². The predicted molar refractivity (Wildman–Crippen MR) is 105 cm³/mol. The minimum Gasteiger partial charge on any atom is -0.349 e. The molecule has 5 fully saturated rings. The van der Waals surface area contributed by atoms with Gasteiger partial charge in [0.2, 0.25) is 0 Å². The highest BCUT2D eigenvalue weighted by Crippen LogP contribution is 2.61. The van der Waals surface area contributed by atoms with E-state index in [1.54, 1.807) is 4.90 Å². The second kappa shape index (κ2) is 6.25. The molecule has 0 aromatic heterocycles. The Balaban J connectivity index is 1.31. The molecule has 6 rings (SSSR count). The van der Waals surface area contributed by atoms with Gasteiger partial charge in [-0.15, -0.1) is 0 Å². The number of rotatable bonds is 4. The van der Waals surface area contributed by atoms with Gasteiger partial charge in [-0.25, -0.2) is 4.79 Å². The lowest BCUT2D eigenvalue weighted by Gasteiger charge is -2.59. The molecule has 4 aliphatic carbocycles. The van der Waals surface area contributed by atoms with Gasteiger partial charge in [0.15, 0.2) is 0 Å². The van der Waals surface area contributed by atoms with Crippen molar-refractivity contribution in [3.63, 3.8) is 0 Å². The van der Waals surface area contributed by atoms with Crippen molar-refractivity contribution >= 4 is 17.6 Å². The van der Waals surface area contributed by atoms with Crippen LogP contribution in [0.25, 0.3) is 0 Å². The van der Waals surface area contributed by atoms with Crippen molar-refractivity contribution in [2.75, 3.05) is 18.0 Å². The van der Waals surface area contributed by atoms with E-state index in [4.69, 9.17) is 0 Å². The summed E-state index contributed by atoms with van der Waals surface area (Å²) in [7, 11) is 0. The number of urea groups is 1. The lowest BCUT2D eigenvalue weighted by atomic mass is 9.48. The average molecular weight is 367 g/mol. The summed E-state index contributed by atoms with van der Waals surface area (Å²) < 4.78 is 0. The van der Waals surface area contributed by atoms with Gasteiger partial charge in [-0.3, -0.25) is 9.69 Å². The maximum Gasteiger partial charge on any atom is 0.321 e. The smallest absolute Gasteiger partial charge is 0.321 e. The molecule has 2 N–H and O–H groups in total. The molecule has 0 spiro atoms. The molecular weight excluding hydrogens is 338 g/mol. The number of carbonyl (C=O) groups is 2. The van der Waals surface area contributed by atoms with Gasteiger partial charge in [-0.1, -0.05) is 6.07 Å². The van der Waals surface area contributed by atoms with Crippen molar-refractivity contribution in [2.24, 2.45) is 23.2 Å². The highest BCUT2D eigenvalue weighted by Gasteiger charge is 2.53. The monoisotopic (exact) mass is 367 g/mol. The third-order valence-corrected chi connectivity index (χ3v) is 7.63. The Kier molecular flexibility index (Phi) is 3.95. The lowest BCUT2D eigenvalue weighted by Crippen LogP contribution is -2.55. The van der Waals surface area contributed by atoms with Gasteiger partial charge in [0.05, 0.1) is 0 Å². The highest BCUT2D eigenvalue weighted by molar-refractivity contribution is 5.98. The fraction of sp³-hybridized carbons (Fsp3) is 0.636. The maximum absolute atomic E-state index is 13.0. The first kappa shape index (κ1) is 17.1. The molecule has 1 atom stereocenters. The summed E-state index contributed by atoms with van der Waals surface area (Å²) in [4.78, 5) is 26.6. The molecule has 1 aromatic rings. The third kappa shape index (κ3) is 2.91. The van der Waals surface area contributed by atoms with Crippen LogP contribution >= 0.6 is 0 Å². The van der Waals surface area contributed by atoms with Crippen molar-refractivity contribution in [2.45, 2.75) is 51.5 Å². The molecule has 0 radical (unpaired) electrons. The summed E-state index contributed by atoms with van der Waals surface area (Å²) in [6.45, 7) is 3.51. The van der Waals surface area contributed by atoms with Crippen LogP contribution in [-0.4, -0.2) is 31.1 Å². The van der Waals surface area contributed by atoms with Crippen molar-refractivity contribution in [1.82, 2.24) is 10.6 Å². The van der Waals surface area contributed by atoms with Gasteiger partial charge in [-0.2, -0.15) is 0 Å². The van der Waals surface area contributed by atoms with Crippen molar-refractivity contribution in [1.29, 1.82) is 0 Å². The largest absolute Gasteiger partial charge is 0.349 e. The number of nitrogens with one attached hydrogen (secondary N) is 2. The molecule has 5 heteroatoms. The van der Waals surface area contributed by atoms with Crippen molar-refractivity contribution < 1.29 is 9.59 Å². The Morgan fingerprint density at radius 1 is 1.19 bits per heavy atom. The van der Waals surface area contributed by atoms with E-state index in [0.717, 1.165) is 23.4 Å². The Morgan fingerprint density at radius 3 is 2.44 bits per heavy atom. The number of nitrogens with zero attached hydrogens (tertiary/aromatic N) is 1. The van der Waals surface area contributed by atoms with Crippen LogP contribution in [0, 0.1) is 23.2 Å². The molecule has 1 heterocycles. The first-order chi connectivity index (χ1) is 13.0. The van der Waals surface area contributed by atoms with Gasteiger partial charge < -0.3 is 10.6 Å². The van der Waals surface area contributed by atoms with Gasteiger partial charge in [0.1, 0.15) is 0 Å². The summed E-state index contributed by atoms with van der Waals surface area (Å²) in [6, 6.07) is 7.56. The van der Waals surface area contributed by atoms with Crippen LogP contribution in [0.4, 0.5) is 10.5 Å². The molecule has 1 aliphatic heterocycles. The third-order valence-electron chi connectivity index (χ3n) is 7.63. The minimum atomic E-state index is -0.0884. The van der Waals surface area contributed by atoms with Crippen LogP contribution in [-0.2, 0) is 0 Å². The molecule has 27 heavy (non-hydrogen) atoms. The number of anilines is 1. The van der Waals surface area contributed by atoms with Crippen LogP contribution < -0.4 is 15.5 Å². The van der Waals surface area contributed by atoms with Crippen LogP contribution in [0.15, 0.2) is 24.3 Å². The fourth-order valence-corrected chi connectivity index (χ4v) is 6.67. The number of amides is 3. The van der Waals surface area contributed by atoms with Crippen molar-refractivity contribution in [3.05, 3.63) is 29.8 Å². The van der Waals surface area contributed by atoms with E-state index < -0.39 is 0 Å². The number of carbonyl (C=O) groups excluding carboxylic acids is 2. The quantitative estimate of drug-likeness (QED) is 0.855. The van der Waals surface area contributed by atoms with E-state index in [-0.39, 0.29) is 18.0 Å². The Morgan fingerprint density at radius 2 is 1.85 bits per heavy atom. The first-order valence-electron chi connectivity index (χ1n) is 10.5. The average Bonchev–Trinajstić information content (AvgIpc) is 3.06. The van der Waals surface area contributed by atoms with Gasteiger partial charge in [0.25, 0.3) is 5.91 Å². The minimum absolute atomic E-state index is 0.0142. The topological polar surface area (TPSA) is 61.4 Å². The van der Waals surface area contributed by atoms with E-state index in [1.165, 1.54) is 38.5 Å². The second-order valence-corrected chi connectivity index (χ2v) is 9.41. The number of benzene rings is 1. The number of hydrogen-bond acceptors (Lipinski definition) is 2. The van der Waals surface area contributed by atoms with E-state index >= 15 is 0 Å². The van der Waals surface area contributed by atoms with Crippen molar-refractivity contribution in [3.8, 4) is 0 Å². The first-order valence-corrected chi connectivity index (χ1v) is 10.5. The van der Waals surface area contributed by atoms with Crippen LogP contribution in [0.5, 0.6) is 0 Å². The Labute approximate surface area is 160 Å². The summed E-state index contributed by atoms with van der Waals surface area (Å²) in [5.41, 5.74) is 1.74. The SMILES string of the molecule is CC(NC(=O)c1cccc(N2CCNC2=O)c1)C12CC3CC(CC(C3)C1)C2. The molecular formula is C22H29N3O2. The summed E-state index contributed by atoms with van der Waals surface area (Å²) >= 11 is 0. The van der Waals surface area contributed by atoms with E-state index in [0.29, 0.717) is 24.1 Å². The standard InChI is InChI=1S/C22H29N3O2/c1-14(22-11-15-7-16(12-22)9-17(8-15)13-22)24-20(26)18-3-2-4-19(10-18)25-6-5-23-21(25)27/h2-4,10,14-17H,5-9,11-13H2,1H3,(H,23,27)(H,24,26). The van der Waals surface area contributed by atoms with E-state index in [2.05, 4.69) is 17.6 Å². The highest BCUT2D eigenvalue weighted by atomic mass is 16.2. The molecule has 1 aromatic carbocycles. The van der Waals surface area contributed by atoms with Gasteiger partial charge in [0, 0.05) is 30.4 Å². The van der Waals surface area contributed by atoms with Crippen LogP contribution in [0.2, 0.25) is 0 Å². The van der Waals surface area contributed by atoms with Gasteiger partial charge in [-0.05, 0) is 86.8 Å².